The average molecular weight is 284 g/mol. The predicted molar refractivity (Wildman–Crippen MR) is 86.1 cm³/mol. The van der Waals surface area contributed by atoms with Gasteiger partial charge >= 0.3 is 0 Å². The van der Waals surface area contributed by atoms with Gasteiger partial charge in [-0.2, -0.15) is 0 Å². The molecule has 0 bridgehead atoms. The molecule has 102 valence electrons. The highest BCUT2D eigenvalue weighted by atomic mass is 32.2. The smallest absolute Gasteiger partial charge is 0.137 e. The summed E-state index contributed by atoms with van der Waals surface area (Å²) in [6, 6.07) is 17.1. The first-order chi connectivity index (χ1) is 9.66. The standard InChI is InChI=1S/C18H17FS/c1-14(16-8-4-3-5-9-16)12-13-15(2)20-18-11-7-6-10-17(18)19/h3-13H,1-2H3/b14-12+,15-13+. The van der Waals surface area contributed by atoms with Crippen LogP contribution in [0.15, 0.2) is 76.5 Å². The van der Waals surface area contributed by atoms with Gasteiger partial charge in [-0.15, -0.1) is 0 Å². The quantitative estimate of drug-likeness (QED) is 0.495. The van der Waals surface area contributed by atoms with Crippen molar-refractivity contribution in [2.45, 2.75) is 18.7 Å². The fraction of sp³-hybridized carbons (Fsp3) is 0.111. The highest BCUT2D eigenvalue weighted by Crippen LogP contribution is 2.28. The highest BCUT2D eigenvalue weighted by Gasteiger charge is 2.01. The molecule has 0 spiro atoms. The van der Waals surface area contributed by atoms with E-state index in [1.165, 1.54) is 29.0 Å². The summed E-state index contributed by atoms with van der Waals surface area (Å²) in [5, 5.41) is 0. The fourth-order valence-corrected chi connectivity index (χ4v) is 2.57. The van der Waals surface area contributed by atoms with Crippen LogP contribution in [0, 0.1) is 5.82 Å². The van der Waals surface area contributed by atoms with Crippen LogP contribution in [0.5, 0.6) is 0 Å². The van der Waals surface area contributed by atoms with Gasteiger partial charge in [-0.25, -0.2) is 4.39 Å². The van der Waals surface area contributed by atoms with Crippen molar-refractivity contribution < 1.29 is 4.39 Å². The molecule has 2 rings (SSSR count). The second-order valence-electron chi connectivity index (χ2n) is 4.53. The first-order valence-corrected chi connectivity index (χ1v) is 7.31. The summed E-state index contributed by atoms with van der Waals surface area (Å²) in [7, 11) is 0. The Labute approximate surface area is 124 Å². The number of benzene rings is 2. The molecule has 0 heterocycles. The monoisotopic (exact) mass is 284 g/mol. The molecule has 2 aromatic carbocycles. The van der Waals surface area contributed by atoms with Crippen molar-refractivity contribution in [1.82, 2.24) is 0 Å². The van der Waals surface area contributed by atoms with Crippen LogP contribution in [0.3, 0.4) is 0 Å². The second kappa shape index (κ2) is 7.11. The van der Waals surface area contributed by atoms with Crippen molar-refractivity contribution in [2.24, 2.45) is 0 Å². The van der Waals surface area contributed by atoms with Gasteiger partial charge in [-0.1, -0.05) is 66.4 Å². The topological polar surface area (TPSA) is 0 Å². The Morgan fingerprint density at radius 1 is 0.900 bits per heavy atom. The van der Waals surface area contributed by atoms with E-state index in [0.717, 1.165) is 4.91 Å². The van der Waals surface area contributed by atoms with Crippen molar-refractivity contribution in [3.63, 3.8) is 0 Å². The third-order valence-electron chi connectivity index (χ3n) is 2.90. The molecule has 0 saturated carbocycles. The molecule has 0 aliphatic heterocycles. The van der Waals surface area contributed by atoms with Crippen LogP contribution in [0.25, 0.3) is 5.57 Å². The summed E-state index contributed by atoms with van der Waals surface area (Å²) in [5.74, 6) is -0.172. The minimum Gasteiger partial charge on any atom is -0.206 e. The van der Waals surface area contributed by atoms with E-state index in [1.54, 1.807) is 12.1 Å². The molecular weight excluding hydrogens is 267 g/mol. The third-order valence-corrected chi connectivity index (χ3v) is 3.91. The molecule has 0 nitrogen and oxygen atoms in total. The Morgan fingerprint density at radius 2 is 1.55 bits per heavy atom. The van der Waals surface area contributed by atoms with Crippen molar-refractivity contribution >= 4 is 17.3 Å². The average Bonchev–Trinajstić information content (AvgIpc) is 2.48. The number of hydrogen-bond acceptors (Lipinski definition) is 1. The van der Waals surface area contributed by atoms with Gasteiger partial charge in [0, 0.05) is 4.90 Å². The van der Waals surface area contributed by atoms with E-state index >= 15 is 0 Å². The first-order valence-electron chi connectivity index (χ1n) is 6.50. The molecule has 2 aromatic rings. The summed E-state index contributed by atoms with van der Waals surface area (Å²) >= 11 is 1.45. The number of halogens is 1. The number of allylic oxidation sites excluding steroid dienone is 4. The molecule has 0 aliphatic carbocycles. The van der Waals surface area contributed by atoms with Crippen LogP contribution >= 0.6 is 11.8 Å². The van der Waals surface area contributed by atoms with Gasteiger partial charge in [0.2, 0.25) is 0 Å². The molecule has 2 heteroatoms. The molecule has 0 unspecified atom stereocenters. The Hall–Kier alpha value is -1.80. The molecule has 0 atom stereocenters. The summed E-state index contributed by atoms with van der Waals surface area (Å²) in [5.41, 5.74) is 2.39. The lowest BCUT2D eigenvalue weighted by molar-refractivity contribution is 0.602. The summed E-state index contributed by atoms with van der Waals surface area (Å²) in [4.78, 5) is 1.72. The van der Waals surface area contributed by atoms with E-state index in [9.17, 15) is 4.39 Å². The maximum atomic E-state index is 13.6. The number of rotatable bonds is 4. The predicted octanol–water partition coefficient (Wildman–Crippen LogP) is 5.93. The fourth-order valence-electron chi connectivity index (χ4n) is 1.77. The van der Waals surface area contributed by atoms with E-state index in [0.29, 0.717) is 4.90 Å². The van der Waals surface area contributed by atoms with E-state index < -0.39 is 0 Å². The SMILES string of the molecule is C/C(=C\C=C(/C)c1ccccc1)Sc1ccccc1F. The molecule has 0 amide bonds. The van der Waals surface area contributed by atoms with E-state index in [-0.39, 0.29) is 5.82 Å². The van der Waals surface area contributed by atoms with Gasteiger partial charge in [0.05, 0.1) is 0 Å². The van der Waals surface area contributed by atoms with Gasteiger partial charge in [-0.3, -0.25) is 0 Å². The van der Waals surface area contributed by atoms with Crippen LogP contribution in [-0.4, -0.2) is 0 Å². The maximum absolute atomic E-state index is 13.6. The van der Waals surface area contributed by atoms with Crippen molar-refractivity contribution in [1.29, 1.82) is 0 Å². The summed E-state index contributed by atoms with van der Waals surface area (Å²) in [6.07, 6.45) is 4.10. The van der Waals surface area contributed by atoms with Crippen LogP contribution in [-0.2, 0) is 0 Å². The zero-order valence-corrected chi connectivity index (χ0v) is 12.5. The molecule has 20 heavy (non-hydrogen) atoms. The molecule has 0 saturated heterocycles. The lowest BCUT2D eigenvalue weighted by Gasteiger charge is -2.03. The molecule has 0 N–H and O–H groups in total. The Bertz CT molecular complexity index is 627. The largest absolute Gasteiger partial charge is 0.206 e. The van der Waals surface area contributed by atoms with Crippen LogP contribution in [0.2, 0.25) is 0 Å². The first kappa shape index (κ1) is 14.6. The van der Waals surface area contributed by atoms with Gasteiger partial charge in [0.25, 0.3) is 0 Å². The van der Waals surface area contributed by atoms with Crippen molar-refractivity contribution in [3.05, 3.63) is 83.0 Å². The van der Waals surface area contributed by atoms with Crippen molar-refractivity contribution in [2.75, 3.05) is 0 Å². The Balaban J connectivity index is 2.10. The number of thioether (sulfide) groups is 1. The maximum Gasteiger partial charge on any atom is 0.137 e. The van der Waals surface area contributed by atoms with Gasteiger partial charge in [-0.05, 0) is 42.0 Å². The van der Waals surface area contributed by atoms with Gasteiger partial charge < -0.3 is 0 Å². The normalized spacial score (nSPS) is 12.6. The van der Waals surface area contributed by atoms with Gasteiger partial charge in [0.1, 0.15) is 5.82 Å². The van der Waals surface area contributed by atoms with E-state index in [1.807, 2.05) is 37.3 Å². The van der Waals surface area contributed by atoms with E-state index in [4.69, 9.17) is 0 Å². The van der Waals surface area contributed by atoms with Crippen LogP contribution < -0.4 is 0 Å². The molecular formula is C18H17FS. The zero-order valence-electron chi connectivity index (χ0n) is 11.6. The zero-order chi connectivity index (χ0) is 14.4. The molecule has 0 aromatic heterocycles. The minimum atomic E-state index is -0.172. The molecule has 0 fully saturated rings. The van der Waals surface area contributed by atoms with Crippen molar-refractivity contribution in [3.8, 4) is 0 Å². The van der Waals surface area contributed by atoms with Crippen LogP contribution in [0.4, 0.5) is 4.39 Å². The highest BCUT2D eigenvalue weighted by molar-refractivity contribution is 8.03. The molecule has 0 aliphatic rings. The number of hydrogen-bond donors (Lipinski definition) is 0. The van der Waals surface area contributed by atoms with Crippen LogP contribution in [0.1, 0.15) is 19.4 Å². The third kappa shape index (κ3) is 4.10. The molecule has 0 radical (unpaired) electrons. The lowest BCUT2D eigenvalue weighted by Crippen LogP contribution is -1.80. The van der Waals surface area contributed by atoms with Gasteiger partial charge in [0.15, 0.2) is 0 Å². The summed E-state index contributed by atoms with van der Waals surface area (Å²) < 4.78 is 13.6. The summed E-state index contributed by atoms with van der Waals surface area (Å²) in [6.45, 7) is 4.07. The lowest BCUT2D eigenvalue weighted by atomic mass is 10.1. The minimum absolute atomic E-state index is 0.172. The second-order valence-corrected chi connectivity index (χ2v) is 5.81. The Kier molecular flexibility index (Phi) is 5.19. The Morgan fingerprint density at radius 3 is 2.25 bits per heavy atom. The van der Waals surface area contributed by atoms with E-state index in [2.05, 4.69) is 25.1 Å².